The van der Waals surface area contributed by atoms with Gasteiger partial charge in [0.25, 0.3) is 5.91 Å². The number of fused-ring (bicyclic) bond motifs is 1. The molecule has 5 aromatic rings. The molecule has 2 aromatic carbocycles. The van der Waals surface area contributed by atoms with Gasteiger partial charge in [0.15, 0.2) is 17.7 Å². The van der Waals surface area contributed by atoms with Crippen LogP contribution in [0.4, 0.5) is 22.0 Å². The number of nitrogens with zero attached hydrogens (tertiary/aromatic N) is 6. The molecule has 3 aromatic heterocycles. The van der Waals surface area contributed by atoms with Gasteiger partial charge in [-0.05, 0) is 48.7 Å². The molecule has 1 aliphatic rings. The van der Waals surface area contributed by atoms with Crippen LogP contribution in [0.5, 0.6) is 0 Å². The summed E-state index contributed by atoms with van der Waals surface area (Å²) in [7, 11) is 0. The SMILES string of the molecule is NC(=O)c1ccc(-c2cnn([C@@H]3CCc4cc(-c5c(-n6cc(C(F)(F)F)nn6)ccc(Cl)c5F)c[n+]([O-])c43)c2)cc1F. The fourth-order valence-electron chi connectivity index (χ4n) is 5.09. The third-order valence-corrected chi connectivity index (χ3v) is 7.33. The van der Waals surface area contributed by atoms with E-state index in [1.807, 2.05) is 0 Å². The Bertz CT molecular complexity index is 1890. The number of hydrogen-bond donors (Lipinski definition) is 1. The maximum atomic E-state index is 15.4. The lowest BCUT2D eigenvalue weighted by Gasteiger charge is -2.15. The van der Waals surface area contributed by atoms with Gasteiger partial charge >= 0.3 is 6.18 Å². The minimum Gasteiger partial charge on any atom is -0.618 e. The van der Waals surface area contributed by atoms with Crippen molar-refractivity contribution in [2.75, 3.05) is 0 Å². The molecule has 9 nitrogen and oxygen atoms in total. The number of hydrogen-bond acceptors (Lipinski definition) is 5. The molecule has 6 rings (SSSR count). The zero-order valence-corrected chi connectivity index (χ0v) is 21.9. The molecule has 1 atom stereocenters. The summed E-state index contributed by atoms with van der Waals surface area (Å²) >= 11 is 6.00. The first-order chi connectivity index (χ1) is 19.9. The van der Waals surface area contributed by atoms with Crippen molar-refractivity contribution >= 4 is 17.5 Å². The predicted molar refractivity (Wildman–Crippen MR) is 138 cm³/mol. The van der Waals surface area contributed by atoms with Crippen molar-refractivity contribution in [1.29, 1.82) is 0 Å². The molecule has 0 radical (unpaired) electrons. The first-order valence-corrected chi connectivity index (χ1v) is 12.7. The van der Waals surface area contributed by atoms with Crippen molar-refractivity contribution in [2.45, 2.75) is 25.1 Å². The molecule has 214 valence electrons. The minimum atomic E-state index is -4.77. The van der Waals surface area contributed by atoms with Gasteiger partial charge in [0.05, 0.1) is 39.8 Å². The molecule has 0 saturated carbocycles. The standard InChI is InChI=1S/C27H17ClF5N7O2/c28-18-4-6-20(39-12-22(36-37-39)27(31,32)33)23(24(18)30)15-7-14-2-5-21(25(14)40(42)11-15)38-10-16(9-35-38)13-1-3-17(26(34)41)19(29)8-13/h1,3-4,6-12,21H,2,5H2,(H2,34,41)/t21-/m1/s1. The van der Waals surface area contributed by atoms with Crippen LogP contribution in [0.1, 0.15) is 39.8 Å². The highest BCUT2D eigenvalue weighted by Gasteiger charge is 2.36. The molecule has 0 spiro atoms. The summed E-state index contributed by atoms with van der Waals surface area (Å²) in [6.45, 7) is 0. The van der Waals surface area contributed by atoms with Crippen LogP contribution in [0, 0.1) is 16.8 Å². The molecular weight excluding hydrogens is 585 g/mol. The van der Waals surface area contributed by atoms with Gasteiger partial charge in [0.2, 0.25) is 5.69 Å². The summed E-state index contributed by atoms with van der Waals surface area (Å²) in [6.07, 6.45) is 0.942. The number of aromatic nitrogens is 6. The highest BCUT2D eigenvalue weighted by Crippen LogP contribution is 2.38. The van der Waals surface area contributed by atoms with Crippen LogP contribution < -0.4 is 10.5 Å². The average Bonchev–Trinajstić information content (AvgIpc) is 3.69. The molecule has 1 aliphatic carbocycles. The number of rotatable bonds is 5. The number of benzene rings is 2. The van der Waals surface area contributed by atoms with E-state index in [4.69, 9.17) is 17.3 Å². The molecule has 2 N–H and O–H groups in total. The third kappa shape index (κ3) is 4.62. The van der Waals surface area contributed by atoms with Gasteiger partial charge in [-0.1, -0.05) is 22.9 Å². The first kappa shape index (κ1) is 27.3. The molecule has 42 heavy (non-hydrogen) atoms. The molecule has 0 unspecified atom stereocenters. The van der Waals surface area contributed by atoms with Crippen LogP contribution >= 0.6 is 11.6 Å². The molecule has 0 bridgehead atoms. The number of alkyl halides is 3. The van der Waals surface area contributed by atoms with E-state index < -0.39 is 35.5 Å². The Morgan fingerprint density at radius 3 is 2.57 bits per heavy atom. The van der Waals surface area contributed by atoms with E-state index in [1.165, 1.54) is 30.5 Å². The van der Waals surface area contributed by atoms with Crippen molar-refractivity contribution in [3.05, 3.63) is 106 Å². The Labute approximate surface area is 238 Å². The van der Waals surface area contributed by atoms with Crippen LogP contribution in [0.25, 0.3) is 27.9 Å². The second kappa shape index (κ2) is 9.91. The highest BCUT2D eigenvalue weighted by molar-refractivity contribution is 6.31. The van der Waals surface area contributed by atoms with Crippen molar-refractivity contribution in [3.63, 3.8) is 0 Å². The van der Waals surface area contributed by atoms with Gasteiger partial charge in [-0.2, -0.15) is 23.0 Å². The van der Waals surface area contributed by atoms with E-state index in [0.29, 0.717) is 46.2 Å². The van der Waals surface area contributed by atoms with Crippen LogP contribution in [0.2, 0.25) is 5.02 Å². The Hall–Kier alpha value is -4.85. The predicted octanol–water partition coefficient (Wildman–Crippen LogP) is 5.02. The van der Waals surface area contributed by atoms with Gasteiger partial charge in [0.1, 0.15) is 11.9 Å². The van der Waals surface area contributed by atoms with E-state index >= 15 is 4.39 Å². The fraction of sp³-hybridized carbons (Fsp3) is 0.148. The molecule has 0 aliphatic heterocycles. The lowest BCUT2D eigenvalue weighted by molar-refractivity contribution is -0.615. The molecule has 0 saturated heterocycles. The van der Waals surface area contributed by atoms with Gasteiger partial charge in [0, 0.05) is 17.3 Å². The normalized spacial score (nSPS) is 14.8. The number of pyridine rings is 1. The van der Waals surface area contributed by atoms with Crippen molar-refractivity contribution in [1.82, 2.24) is 24.8 Å². The molecule has 1 amide bonds. The monoisotopic (exact) mass is 601 g/mol. The average molecular weight is 602 g/mol. The quantitative estimate of drug-likeness (QED) is 0.172. The van der Waals surface area contributed by atoms with Crippen LogP contribution in [-0.4, -0.2) is 30.7 Å². The van der Waals surface area contributed by atoms with E-state index in [0.717, 1.165) is 16.9 Å². The smallest absolute Gasteiger partial charge is 0.436 e. The van der Waals surface area contributed by atoms with E-state index in [-0.39, 0.29) is 27.4 Å². The number of amides is 1. The fourth-order valence-corrected chi connectivity index (χ4v) is 5.25. The van der Waals surface area contributed by atoms with Gasteiger partial charge in [-0.25, -0.2) is 13.5 Å². The van der Waals surface area contributed by atoms with Gasteiger partial charge in [-0.15, -0.1) is 5.10 Å². The molecule has 15 heteroatoms. The number of primary amides is 1. The minimum absolute atomic E-state index is 0.0784. The molecular formula is C27H17ClF5N7O2. The largest absolute Gasteiger partial charge is 0.618 e. The van der Waals surface area contributed by atoms with Crippen LogP contribution in [0.15, 0.2) is 61.2 Å². The van der Waals surface area contributed by atoms with E-state index in [1.54, 1.807) is 16.9 Å². The van der Waals surface area contributed by atoms with Crippen LogP contribution in [-0.2, 0) is 12.6 Å². The zero-order valence-electron chi connectivity index (χ0n) is 21.1. The van der Waals surface area contributed by atoms with Crippen molar-refractivity contribution in [2.24, 2.45) is 5.73 Å². The highest BCUT2D eigenvalue weighted by atomic mass is 35.5. The summed E-state index contributed by atoms with van der Waals surface area (Å²) in [5, 5.41) is 24.0. The summed E-state index contributed by atoms with van der Waals surface area (Å²) in [4.78, 5) is 11.3. The zero-order chi connectivity index (χ0) is 29.9. The number of aryl methyl sites for hydroxylation is 1. The number of carbonyl (C=O) groups is 1. The second-order valence-electron chi connectivity index (χ2n) is 9.59. The topological polar surface area (TPSA) is 119 Å². The second-order valence-corrected chi connectivity index (χ2v) is 10.00. The lowest BCUT2D eigenvalue weighted by Crippen LogP contribution is -2.34. The number of halogens is 6. The summed E-state index contributed by atoms with van der Waals surface area (Å²) in [5.41, 5.74) is 5.29. The first-order valence-electron chi connectivity index (χ1n) is 12.3. The summed E-state index contributed by atoms with van der Waals surface area (Å²) in [5.74, 6) is -2.62. The van der Waals surface area contributed by atoms with Crippen LogP contribution in [0.3, 0.4) is 0 Å². The lowest BCUT2D eigenvalue weighted by atomic mass is 10.0. The maximum absolute atomic E-state index is 15.4. The van der Waals surface area contributed by atoms with Crippen molar-refractivity contribution in [3.8, 4) is 27.9 Å². The van der Waals surface area contributed by atoms with Gasteiger partial charge < -0.3 is 10.9 Å². The Kier molecular flexibility index (Phi) is 6.44. The Morgan fingerprint density at radius 2 is 1.88 bits per heavy atom. The summed E-state index contributed by atoms with van der Waals surface area (Å²) < 4.78 is 71.9. The maximum Gasteiger partial charge on any atom is 0.436 e. The van der Waals surface area contributed by atoms with E-state index in [9.17, 15) is 27.6 Å². The Morgan fingerprint density at radius 1 is 1.10 bits per heavy atom. The number of nitrogens with two attached hydrogens (primary N) is 1. The summed E-state index contributed by atoms with van der Waals surface area (Å²) in [6, 6.07) is 7.47. The third-order valence-electron chi connectivity index (χ3n) is 7.04. The van der Waals surface area contributed by atoms with E-state index in [2.05, 4.69) is 15.4 Å². The molecule has 0 fully saturated rings. The Balaban J connectivity index is 1.37. The van der Waals surface area contributed by atoms with Crippen molar-refractivity contribution < 1.29 is 31.5 Å². The van der Waals surface area contributed by atoms with Gasteiger partial charge in [-0.3, -0.25) is 9.48 Å². The molecule has 3 heterocycles. The number of carbonyl (C=O) groups excluding carboxylic acids is 1.